The van der Waals surface area contributed by atoms with Crippen molar-refractivity contribution in [3.05, 3.63) is 0 Å². The average molecular weight is 188 g/mol. The fourth-order valence-corrected chi connectivity index (χ4v) is 0.632. The summed E-state index contributed by atoms with van der Waals surface area (Å²) < 4.78 is 5.22. The first-order chi connectivity index (χ1) is 5.27. The summed E-state index contributed by atoms with van der Waals surface area (Å²) >= 11 is 4.08. The molecule has 3 heteroatoms. The van der Waals surface area contributed by atoms with Crippen LogP contribution in [0.3, 0.4) is 0 Å². The summed E-state index contributed by atoms with van der Waals surface area (Å²) in [6, 6.07) is 0. The van der Waals surface area contributed by atoms with Gasteiger partial charge in [0.15, 0.2) is 4.93 Å². The molecular formula is C9H16O2S. The van der Waals surface area contributed by atoms with Crippen molar-refractivity contribution in [2.75, 3.05) is 6.61 Å². The molecule has 12 heavy (non-hydrogen) atoms. The molecule has 0 aliphatic rings. The van der Waals surface area contributed by atoms with Crippen LogP contribution in [0.15, 0.2) is 0 Å². The molecule has 0 heterocycles. The molecule has 0 radical (unpaired) electrons. The molecule has 0 fully saturated rings. The van der Waals surface area contributed by atoms with Gasteiger partial charge in [-0.1, -0.05) is 5.92 Å². The van der Waals surface area contributed by atoms with Crippen LogP contribution >= 0.6 is 12.6 Å². The molecule has 0 amide bonds. The van der Waals surface area contributed by atoms with Crippen LogP contribution < -0.4 is 0 Å². The van der Waals surface area contributed by atoms with Gasteiger partial charge in [-0.25, -0.2) is 0 Å². The topological polar surface area (TPSA) is 29.5 Å². The second kappa shape index (κ2) is 4.18. The second-order valence-corrected chi connectivity index (χ2v) is 4.39. The van der Waals surface area contributed by atoms with Crippen LogP contribution in [0.25, 0.3) is 0 Å². The quantitative estimate of drug-likeness (QED) is 0.397. The smallest absolute Gasteiger partial charge is 0.169 e. The highest BCUT2D eigenvalue weighted by Crippen LogP contribution is 2.16. The molecular weight excluding hydrogens is 172 g/mol. The van der Waals surface area contributed by atoms with E-state index in [1.165, 1.54) is 0 Å². The molecule has 1 unspecified atom stereocenters. The Balaban J connectivity index is 3.66. The van der Waals surface area contributed by atoms with Crippen LogP contribution in [-0.4, -0.2) is 22.2 Å². The zero-order valence-electron chi connectivity index (χ0n) is 7.79. The molecule has 0 aromatic carbocycles. The van der Waals surface area contributed by atoms with Crippen molar-refractivity contribution in [1.82, 2.24) is 0 Å². The molecule has 0 rings (SSSR count). The van der Waals surface area contributed by atoms with Gasteiger partial charge in [0, 0.05) is 0 Å². The molecule has 0 bridgehead atoms. The minimum Gasteiger partial charge on any atom is -0.390 e. The number of hydrogen-bond acceptors (Lipinski definition) is 3. The second-order valence-electron chi connectivity index (χ2n) is 3.54. The standard InChI is InChI=1S/C9H16O2S/c1-5-9(4,12)11-7-6-8(2,3)10/h1,10,12H,6-7H2,2-4H3. The summed E-state index contributed by atoms with van der Waals surface area (Å²) in [4.78, 5) is -0.828. The summed E-state index contributed by atoms with van der Waals surface area (Å²) in [5.41, 5.74) is -0.710. The molecule has 1 atom stereocenters. The summed E-state index contributed by atoms with van der Waals surface area (Å²) in [7, 11) is 0. The highest BCUT2D eigenvalue weighted by molar-refractivity contribution is 7.81. The third kappa shape index (κ3) is 6.53. The Morgan fingerprint density at radius 1 is 1.50 bits per heavy atom. The Morgan fingerprint density at radius 3 is 2.33 bits per heavy atom. The average Bonchev–Trinajstić information content (AvgIpc) is 1.84. The maximum absolute atomic E-state index is 9.33. The summed E-state index contributed by atoms with van der Waals surface area (Å²) in [6.07, 6.45) is 5.69. The van der Waals surface area contributed by atoms with E-state index in [0.717, 1.165) is 0 Å². The Morgan fingerprint density at radius 2 is 2.00 bits per heavy atom. The molecule has 0 saturated heterocycles. The third-order valence-corrected chi connectivity index (χ3v) is 1.62. The van der Waals surface area contributed by atoms with Gasteiger partial charge in [-0.2, -0.15) is 0 Å². The van der Waals surface area contributed by atoms with Gasteiger partial charge in [0.05, 0.1) is 12.2 Å². The van der Waals surface area contributed by atoms with Crippen molar-refractivity contribution in [2.24, 2.45) is 0 Å². The zero-order valence-corrected chi connectivity index (χ0v) is 8.69. The monoisotopic (exact) mass is 188 g/mol. The van der Waals surface area contributed by atoms with E-state index < -0.39 is 10.5 Å². The molecule has 0 aliphatic carbocycles. The number of hydrogen-bond donors (Lipinski definition) is 2. The van der Waals surface area contributed by atoms with E-state index in [9.17, 15) is 5.11 Å². The highest BCUT2D eigenvalue weighted by atomic mass is 32.1. The molecule has 1 N–H and O–H groups in total. The summed E-state index contributed by atoms with van der Waals surface area (Å²) in [5, 5.41) is 9.33. The van der Waals surface area contributed by atoms with Crippen molar-refractivity contribution >= 4 is 12.6 Å². The first kappa shape index (κ1) is 11.8. The van der Waals surface area contributed by atoms with Gasteiger partial charge < -0.3 is 9.84 Å². The maximum Gasteiger partial charge on any atom is 0.169 e. The van der Waals surface area contributed by atoms with E-state index in [4.69, 9.17) is 11.2 Å². The highest BCUT2D eigenvalue weighted by Gasteiger charge is 2.18. The van der Waals surface area contributed by atoms with E-state index in [1.54, 1.807) is 20.8 Å². The predicted octanol–water partition coefficient (Wildman–Crippen LogP) is 1.44. The fraction of sp³-hybridized carbons (Fsp3) is 0.778. The number of ether oxygens (including phenoxy) is 1. The Labute approximate surface area is 79.7 Å². The third-order valence-electron chi connectivity index (χ3n) is 1.36. The van der Waals surface area contributed by atoms with E-state index in [1.807, 2.05) is 0 Å². The number of terminal acetylenes is 1. The van der Waals surface area contributed by atoms with Crippen molar-refractivity contribution in [1.29, 1.82) is 0 Å². The van der Waals surface area contributed by atoms with Crippen molar-refractivity contribution in [2.45, 2.75) is 37.7 Å². The number of aliphatic hydroxyl groups is 1. The van der Waals surface area contributed by atoms with Gasteiger partial charge in [0.1, 0.15) is 0 Å². The summed E-state index contributed by atoms with van der Waals surface area (Å²) in [6.45, 7) is 5.55. The lowest BCUT2D eigenvalue weighted by Crippen LogP contribution is -2.25. The zero-order chi connectivity index (χ0) is 9.83. The minimum atomic E-state index is -0.828. The Hall–Kier alpha value is -0.170. The minimum absolute atomic E-state index is 0.410. The van der Waals surface area contributed by atoms with Crippen LogP contribution in [0, 0.1) is 12.3 Å². The van der Waals surface area contributed by atoms with Gasteiger partial charge in [-0.05, 0) is 27.2 Å². The van der Waals surface area contributed by atoms with E-state index in [2.05, 4.69) is 18.5 Å². The molecule has 0 aromatic heterocycles. The molecule has 70 valence electrons. The lowest BCUT2D eigenvalue weighted by atomic mass is 10.1. The van der Waals surface area contributed by atoms with Gasteiger partial charge in [0.25, 0.3) is 0 Å². The van der Waals surface area contributed by atoms with Crippen LogP contribution in [0.1, 0.15) is 27.2 Å². The van der Waals surface area contributed by atoms with Crippen LogP contribution in [0.2, 0.25) is 0 Å². The van der Waals surface area contributed by atoms with E-state index >= 15 is 0 Å². The molecule has 0 aromatic rings. The number of rotatable bonds is 4. The van der Waals surface area contributed by atoms with Crippen molar-refractivity contribution in [3.8, 4) is 12.3 Å². The fourth-order valence-electron chi connectivity index (χ4n) is 0.541. The lowest BCUT2D eigenvalue weighted by Gasteiger charge is -2.21. The van der Waals surface area contributed by atoms with Crippen LogP contribution in [0.5, 0.6) is 0 Å². The summed E-state index contributed by atoms with van der Waals surface area (Å²) in [5.74, 6) is 2.39. The van der Waals surface area contributed by atoms with Crippen LogP contribution in [-0.2, 0) is 4.74 Å². The molecule has 0 spiro atoms. The Kier molecular flexibility index (Phi) is 4.12. The molecule has 0 saturated carbocycles. The van der Waals surface area contributed by atoms with Gasteiger partial charge >= 0.3 is 0 Å². The first-order valence-electron chi connectivity index (χ1n) is 3.83. The van der Waals surface area contributed by atoms with Crippen molar-refractivity contribution < 1.29 is 9.84 Å². The molecule has 0 aliphatic heterocycles. The van der Waals surface area contributed by atoms with E-state index in [-0.39, 0.29) is 0 Å². The lowest BCUT2D eigenvalue weighted by molar-refractivity contribution is 0.0101. The normalized spacial score (nSPS) is 16.7. The van der Waals surface area contributed by atoms with Gasteiger partial charge in [0.2, 0.25) is 0 Å². The predicted molar refractivity (Wildman–Crippen MR) is 53.1 cm³/mol. The molecule has 2 nitrogen and oxygen atoms in total. The first-order valence-corrected chi connectivity index (χ1v) is 4.28. The SMILES string of the molecule is C#CC(C)(S)OCCC(C)(C)O. The number of thiol groups is 1. The van der Waals surface area contributed by atoms with E-state index in [0.29, 0.717) is 13.0 Å². The van der Waals surface area contributed by atoms with Crippen LogP contribution in [0.4, 0.5) is 0 Å². The Bertz CT molecular complexity index is 174. The largest absolute Gasteiger partial charge is 0.390 e. The van der Waals surface area contributed by atoms with Gasteiger partial charge in [-0.15, -0.1) is 19.1 Å². The van der Waals surface area contributed by atoms with Gasteiger partial charge in [-0.3, -0.25) is 0 Å². The van der Waals surface area contributed by atoms with Crippen molar-refractivity contribution in [3.63, 3.8) is 0 Å². The maximum atomic E-state index is 9.33.